The molecule has 0 radical (unpaired) electrons. The first-order valence-electron chi connectivity index (χ1n) is 6.18. The van der Waals surface area contributed by atoms with Crippen molar-refractivity contribution in [2.45, 2.75) is 39.2 Å². The number of nitrogens with zero attached hydrogens (tertiary/aromatic N) is 1. The Morgan fingerprint density at radius 1 is 1.35 bits per heavy atom. The number of aryl methyl sites for hydroxylation is 1. The van der Waals surface area contributed by atoms with Gasteiger partial charge in [0.1, 0.15) is 11.6 Å². The third-order valence-electron chi connectivity index (χ3n) is 3.24. The highest BCUT2D eigenvalue weighted by Gasteiger charge is 2.16. The average Bonchev–Trinajstić information content (AvgIpc) is 2.50. The number of hydrogen-bond donors (Lipinski definition) is 1. The highest BCUT2D eigenvalue weighted by Crippen LogP contribution is 2.16. The summed E-state index contributed by atoms with van der Waals surface area (Å²) in [6, 6.07) is 0. The Morgan fingerprint density at radius 3 is 2.53 bits per heavy atom. The number of carbonyl (C=O) groups excluding carboxylic acids is 1. The van der Waals surface area contributed by atoms with Gasteiger partial charge in [0.2, 0.25) is 0 Å². The van der Waals surface area contributed by atoms with Crippen LogP contribution in [0, 0.1) is 6.92 Å². The lowest BCUT2D eigenvalue weighted by Gasteiger charge is -2.14. The number of hydrogen-bond acceptors (Lipinski definition) is 4. The standard InChI is InChI=1S/C12H18N2O2S/c1-9-11(12(15)16)17-10(13-9)8-14-6-4-2-3-5-7-14/h2-8H2,1H3,(H,15,16). The molecule has 0 aliphatic carbocycles. The molecule has 5 heteroatoms. The molecule has 2 heterocycles. The molecule has 1 N–H and O–H groups in total. The summed E-state index contributed by atoms with van der Waals surface area (Å²) in [7, 11) is 0. The Kier molecular flexibility index (Phi) is 4.12. The molecular formula is C12H18N2O2S. The first-order chi connectivity index (χ1) is 8.16. The summed E-state index contributed by atoms with van der Waals surface area (Å²) in [5, 5.41) is 11.8. The van der Waals surface area contributed by atoms with E-state index in [9.17, 15) is 9.90 Å². The Hall–Kier alpha value is -0.940. The predicted octanol–water partition coefficient (Wildman–Crippen LogP) is -0.226. The first kappa shape index (κ1) is 12.5. The van der Waals surface area contributed by atoms with E-state index in [2.05, 4.69) is 4.98 Å². The van der Waals surface area contributed by atoms with Gasteiger partial charge in [-0.15, -0.1) is 11.3 Å². The third-order valence-corrected chi connectivity index (χ3v) is 4.38. The second-order valence-corrected chi connectivity index (χ2v) is 5.73. The molecule has 0 spiro atoms. The molecule has 0 atom stereocenters. The van der Waals surface area contributed by atoms with Crippen molar-refractivity contribution in [3.05, 3.63) is 15.6 Å². The zero-order valence-corrected chi connectivity index (χ0v) is 10.9. The molecule has 0 amide bonds. The Bertz CT molecular complexity index is 395. The summed E-state index contributed by atoms with van der Waals surface area (Å²) in [4.78, 5) is 17.0. The maximum absolute atomic E-state index is 10.8. The summed E-state index contributed by atoms with van der Waals surface area (Å²) in [5.74, 6) is -1.10. The molecule has 17 heavy (non-hydrogen) atoms. The van der Waals surface area contributed by atoms with Gasteiger partial charge in [0.15, 0.2) is 0 Å². The monoisotopic (exact) mass is 254 g/mol. The van der Waals surface area contributed by atoms with Gasteiger partial charge in [-0.3, -0.25) is 0 Å². The fourth-order valence-corrected chi connectivity index (χ4v) is 3.31. The minimum Gasteiger partial charge on any atom is -0.544 e. The highest BCUT2D eigenvalue weighted by atomic mass is 32.1. The predicted molar refractivity (Wildman–Crippen MR) is 64.1 cm³/mol. The maximum atomic E-state index is 10.8. The minimum absolute atomic E-state index is 0.286. The molecule has 0 bridgehead atoms. The molecular weight excluding hydrogens is 236 g/mol. The molecule has 1 aliphatic rings. The van der Waals surface area contributed by atoms with E-state index in [1.165, 1.54) is 55.0 Å². The van der Waals surface area contributed by atoms with E-state index in [-0.39, 0.29) is 4.88 Å². The molecule has 0 unspecified atom stereocenters. The SMILES string of the molecule is Cc1nc(C[NH+]2CCCCCC2)sc1C(=O)[O-]. The van der Waals surface area contributed by atoms with Gasteiger partial charge in [0.05, 0.1) is 29.6 Å². The lowest BCUT2D eigenvalue weighted by molar-refractivity contribution is -0.913. The largest absolute Gasteiger partial charge is 0.544 e. The average molecular weight is 254 g/mol. The summed E-state index contributed by atoms with van der Waals surface area (Å²) in [6.45, 7) is 4.96. The Morgan fingerprint density at radius 2 is 2.00 bits per heavy atom. The molecule has 0 aromatic carbocycles. The zero-order chi connectivity index (χ0) is 12.3. The van der Waals surface area contributed by atoms with Crippen LogP contribution in [0.25, 0.3) is 0 Å². The number of carbonyl (C=O) groups is 1. The van der Waals surface area contributed by atoms with E-state index in [1.807, 2.05) is 0 Å². The fourth-order valence-electron chi connectivity index (χ4n) is 2.34. The van der Waals surface area contributed by atoms with E-state index in [0.29, 0.717) is 5.69 Å². The van der Waals surface area contributed by atoms with Crippen molar-refractivity contribution >= 4 is 17.3 Å². The third kappa shape index (κ3) is 3.26. The van der Waals surface area contributed by atoms with Gasteiger partial charge in [-0.25, -0.2) is 4.98 Å². The van der Waals surface area contributed by atoms with Crippen molar-refractivity contribution in [2.24, 2.45) is 0 Å². The van der Waals surface area contributed by atoms with Gasteiger partial charge < -0.3 is 14.8 Å². The van der Waals surface area contributed by atoms with Crippen LogP contribution in [0.5, 0.6) is 0 Å². The van der Waals surface area contributed by atoms with Crippen LogP contribution in [-0.4, -0.2) is 24.0 Å². The molecule has 1 fully saturated rings. The molecule has 0 saturated carbocycles. The number of quaternary nitrogens is 1. The molecule has 1 aliphatic heterocycles. The molecule has 1 saturated heterocycles. The van der Waals surface area contributed by atoms with E-state index in [1.54, 1.807) is 6.92 Å². The molecule has 2 rings (SSSR count). The van der Waals surface area contributed by atoms with E-state index < -0.39 is 5.97 Å². The number of rotatable bonds is 3. The topological polar surface area (TPSA) is 57.5 Å². The van der Waals surface area contributed by atoms with Crippen molar-refractivity contribution in [1.82, 2.24) is 4.98 Å². The van der Waals surface area contributed by atoms with Crippen LogP contribution in [-0.2, 0) is 6.54 Å². The van der Waals surface area contributed by atoms with Gasteiger partial charge in [0, 0.05) is 0 Å². The number of likely N-dealkylation sites (tertiary alicyclic amines) is 1. The number of aromatic carboxylic acids is 1. The molecule has 94 valence electrons. The minimum atomic E-state index is -1.10. The van der Waals surface area contributed by atoms with Gasteiger partial charge in [-0.1, -0.05) is 0 Å². The van der Waals surface area contributed by atoms with Gasteiger partial charge >= 0.3 is 0 Å². The second kappa shape index (κ2) is 5.60. The van der Waals surface area contributed by atoms with E-state index >= 15 is 0 Å². The van der Waals surface area contributed by atoms with Crippen LogP contribution >= 0.6 is 11.3 Å². The van der Waals surface area contributed by atoms with Crippen LogP contribution in [0.1, 0.15) is 46.1 Å². The lowest BCUT2D eigenvalue weighted by atomic mass is 10.2. The van der Waals surface area contributed by atoms with Crippen molar-refractivity contribution in [3.63, 3.8) is 0 Å². The number of nitrogens with one attached hydrogen (secondary N) is 1. The molecule has 4 nitrogen and oxygen atoms in total. The normalized spacial score (nSPS) is 17.9. The van der Waals surface area contributed by atoms with Crippen molar-refractivity contribution in [1.29, 1.82) is 0 Å². The highest BCUT2D eigenvalue weighted by molar-refractivity contribution is 7.13. The van der Waals surface area contributed by atoms with Crippen molar-refractivity contribution < 1.29 is 14.8 Å². The van der Waals surface area contributed by atoms with Crippen LogP contribution in [0.3, 0.4) is 0 Å². The van der Waals surface area contributed by atoms with E-state index in [4.69, 9.17) is 0 Å². The second-order valence-electron chi connectivity index (χ2n) is 4.65. The van der Waals surface area contributed by atoms with Crippen LogP contribution in [0.2, 0.25) is 0 Å². The summed E-state index contributed by atoms with van der Waals surface area (Å²) in [6.07, 6.45) is 5.19. The lowest BCUT2D eigenvalue weighted by Crippen LogP contribution is -3.10. The first-order valence-corrected chi connectivity index (χ1v) is 6.99. The molecule has 1 aromatic heterocycles. The van der Waals surface area contributed by atoms with Crippen molar-refractivity contribution in [2.75, 3.05) is 13.1 Å². The van der Waals surface area contributed by atoms with Gasteiger partial charge in [-0.05, 0) is 32.6 Å². The molecule has 1 aromatic rings. The smallest absolute Gasteiger partial charge is 0.148 e. The van der Waals surface area contributed by atoms with Crippen LogP contribution in [0.15, 0.2) is 0 Å². The fraction of sp³-hybridized carbons (Fsp3) is 0.667. The number of aromatic nitrogens is 1. The van der Waals surface area contributed by atoms with Crippen LogP contribution < -0.4 is 10.0 Å². The Labute approximate surface area is 105 Å². The summed E-state index contributed by atoms with van der Waals surface area (Å²) in [5.41, 5.74) is 0.597. The van der Waals surface area contributed by atoms with Crippen molar-refractivity contribution in [3.8, 4) is 0 Å². The quantitative estimate of drug-likeness (QED) is 0.811. The van der Waals surface area contributed by atoms with Crippen LogP contribution in [0.4, 0.5) is 0 Å². The summed E-state index contributed by atoms with van der Waals surface area (Å²) >= 11 is 1.27. The maximum Gasteiger partial charge on any atom is 0.148 e. The number of carboxylic acid groups (broad SMARTS) is 1. The summed E-state index contributed by atoms with van der Waals surface area (Å²) < 4.78 is 0. The number of carboxylic acids is 1. The van der Waals surface area contributed by atoms with Gasteiger partial charge in [0.25, 0.3) is 0 Å². The number of thiazole rings is 1. The Balaban J connectivity index is 2.02. The zero-order valence-electron chi connectivity index (χ0n) is 10.1. The van der Waals surface area contributed by atoms with E-state index in [0.717, 1.165) is 11.6 Å². The van der Waals surface area contributed by atoms with Gasteiger partial charge in [-0.2, -0.15) is 0 Å².